The van der Waals surface area contributed by atoms with Crippen molar-refractivity contribution in [2.45, 2.75) is 25.2 Å². The maximum Gasteiger partial charge on any atom is 0.257 e. The van der Waals surface area contributed by atoms with E-state index in [1.165, 1.54) is 5.56 Å². The first-order chi connectivity index (χ1) is 12.3. The van der Waals surface area contributed by atoms with Gasteiger partial charge in [-0.2, -0.15) is 0 Å². The van der Waals surface area contributed by atoms with E-state index in [0.717, 1.165) is 32.4 Å². The predicted molar refractivity (Wildman–Crippen MR) is 96.4 cm³/mol. The molecule has 0 unspecified atom stereocenters. The summed E-state index contributed by atoms with van der Waals surface area (Å²) < 4.78 is 11.4. The molecule has 2 aliphatic rings. The fourth-order valence-corrected chi connectivity index (χ4v) is 3.74. The number of carbonyl (C=O) groups is 1. The van der Waals surface area contributed by atoms with Gasteiger partial charge < -0.3 is 14.4 Å². The third-order valence-electron chi connectivity index (χ3n) is 5.03. The minimum Gasteiger partial charge on any atom is -0.486 e. The summed E-state index contributed by atoms with van der Waals surface area (Å²) >= 11 is 0. The molecule has 130 valence electrons. The van der Waals surface area contributed by atoms with E-state index in [2.05, 4.69) is 24.3 Å². The minimum absolute atomic E-state index is 0.0465. The molecule has 4 heteroatoms. The van der Waals surface area contributed by atoms with Gasteiger partial charge in [0.15, 0.2) is 11.5 Å². The molecule has 4 rings (SSSR count). The number of para-hydroxylation sites is 1. The van der Waals surface area contributed by atoms with Gasteiger partial charge >= 0.3 is 0 Å². The third-order valence-corrected chi connectivity index (χ3v) is 5.03. The first-order valence-electron chi connectivity index (χ1n) is 9.06. The van der Waals surface area contributed by atoms with E-state index in [1.54, 1.807) is 0 Å². The molecule has 2 aromatic carbocycles. The highest BCUT2D eigenvalue weighted by atomic mass is 16.6. The average Bonchev–Trinajstić information content (AvgIpc) is 2.94. The SMILES string of the molecule is O=C(c1cccc2c1OCCO2)N1CCCC[C@@H](c2ccccc2)C1. The highest BCUT2D eigenvalue weighted by molar-refractivity contribution is 5.98. The maximum atomic E-state index is 13.2. The number of benzene rings is 2. The van der Waals surface area contributed by atoms with Gasteiger partial charge in [-0.3, -0.25) is 4.79 Å². The van der Waals surface area contributed by atoms with E-state index in [1.807, 2.05) is 29.2 Å². The summed E-state index contributed by atoms with van der Waals surface area (Å²) in [6.45, 7) is 2.58. The average molecular weight is 337 g/mol. The Morgan fingerprint density at radius 1 is 0.960 bits per heavy atom. The summed E-state index contributed by atoms with van der Waals surface area (Å²) in [5.41, 5.74) is 1.93. The zero-order valence-corrected chi connectivity index (χ0v) is 14.3. The number of carbonyl (C=O) groups excluding carboxylic acids is 1. The van der Waals surface area contributed by atoms with Gasteiger partial charge in [-0.1, -0.05) is 42.8 Å². The first-order valence-corrected chi connectivity index (χ1v) is 9.06. The Hall–Kier alpha value is -2.49. The van der Waals surface area contributed by atoms with Gasteiger partial charge in [0.05, 0.1) is 5.56 Å². The van der Waals surface area contributed by atoms with Crippen molar-refractivity contribution in [3.05, 3.63) is 59.7 Å². The maximum absolute atomic E-state index is 13.2. The van der Waals surface area contributed by atoms with Crippen LogP contribution < -0.4 is 9.47 Å². The molecule has 2 aromatic rings. The largest absolute Gasteiger partial charge is 0.486 e. The Kier molecular flexibility index (Phi) is 4.59. The molecular weight excluding hydrogens is 314 g/mol. The molecule has 4 nitrogen and oxygen atoms in total. The number of nitrogens with zero attached hydrogens (tertiary/aromatic N) is 1. The highest BCUT2D eigenvalue weighted by Gasteiger charge is 2.27. The Balaban J connectivity index is 1.59. The third kappa shape index (κ3) is 3.34. The molecular formula is C21H23NO3. The van der Waals surface area contributed by atoms with Gasteiger partial charge in [0, 0.05) is 19.0 Å². The van der Waals surface area contributed by atoms with Crippen molar-refractivity contribution in [3.63, 3.8) is 0 Å². The fraction of sp³-hybridized carbons (Fsp3) is 0.381. The molecule has 0 aliphatic carbocycles. The van der Waals surface area contributed by atoms with E-state index in [9.17, 15) is 4.79 Å². The second kappa shape index (κ2) is 7.18. The van der Waals surface area contributed by atoms with Gasteiger partial charge in [0.2, 0.25) is 0 Å². The lowest BCUT2D eigenvalue weighted by molar-refractivity contribution is 0.0744. The zero-order valence-electron chi connectivity index (χ0n) is 14.3. The van der Waals surface area contributed by atoms with E-state index >= 15 is 0 Å². The Morgan fingerprint density at radius 2 is 1.80 bits per heavy atom. The van der Waals surface area contributed by atoms with Crippen LogP contribution in [0.25, 0.3) is 0 Å². The molecule has 1 atom stereocenters. The quantitative estimate of drug-likeness (QED) is 0.835. The summed E-state index contributed by atoms with van der Waals surface area (Å²) in [5.74, 6) is 1.71. The number of fused-ring (bicyclic) bond motifs is 1. The Labute approximate surface area is 148 Å². The number of hydrogen-bond acceptors (Lipinski definition) is 3. The molecule has 1 saturated heterocycles. The van der Waals surface area contributed by atoms with Crippen LogP contribution in [0.3, 0.4) is 0 Å². The van der Waals surface area contributed by atoms with Gasteiger partial charge in [0.25, 0.3) is 5.91 Å². The smallest absolute Gasteiger partial charge is 0.257 e. The molecule has 0 aromatic heterocycles. The molecule has 0 spiro atoms. The molecule has 0 radical (unpaired) electrons. The van der Waals surface area contributed by atoms with Crippen LogP contribution in [0.15, 0.2) is 48.5 Å². The monoisotopic (exact) mass is 337 g/mol. The summed E-state index contributed by atoms with van der Waals surface area (Å²) in [5, 5.41) is 0. The van der Waals surface area contributed by atoms with Crippen molar-refractivity contribution in [3.8, 4) is 11.5 Å². The molecule has 2 aliphatic heterocycles. The molecule has 25 heavy (non-hydrogen) atoms. The summed E-state index contributed by atoms with van der Waals surface area (Å²) in [7, 11) is 0. The molecule has 1 amide bonds. The standard InChI is InChI=1S/C21H23NO3/c23-21(18-10-6-11-19-20(18)25-14-13-24-19)22-12-5-4-9-17(15-22)16-7-2-1-3-8-16/h1-3,6-8,10-11,17H,4-5,9,12-15H2/t17-/m1/s1. The second-order valence-electron chi connectivity index (χ2n) is 6.68. The highest BCUT2D eigenvalue weighted by Crippen LogP contribution is 2.35. The molecule has 2 heterocycles. The van der Waals surface area contributed by atoms with Gasteiger partial charge in [-0.05, 0) is 30.5 Å². The van der Waals surface area contributed by atoms with Gasteiger partial charge in [0.1, 0.15) is 13.2 Å². The van der Waals surface area contributed by atoms with E-state index in [4.69, 9.17) is 9.47 Å². The van der Waals surface area contributed by atoms with E-state index < -0.39 is 0 Å². The van der Waals surface area contributed by atoms with Gasteiger partial charge in [-0.15, -0.1) is 0 Å². The Bertz CT molecular complexity index is 744. The van der Waals surface area contributed by atoms with Crippen molar-refractivity contribution in [1.29, 1.82) is 0 Å². The number of rotatable bonds is 2. The zero-order chi connectivity index (χ0) is 17.1. The van der Waals surface area contributed by atoms with Crippen molar-refractivity contribution in [1.82, 2.24) is 4.90 Å². The van der Waals surface area contributed by atoms with Crippen LogP contribution in [0.4, 0.5) is 0 Å². The minimum atomic E-state index is 0.0465. The number of hydrogen-bond donors (Lipinski definition) is 0. The number of likely N-dealkylation sites (tertiary alicyclic amines) is 1. The van der Waals surface area contributed by atoms with Crippen molar-refractivity contribution in [2.75, 3.05) is 26.3 Å². The number of ether oxygens (including phenoxy) is 2. The summed E-state index contributed by atoms with van der Waals surface area (Å²) in [6.07, 6.45) is 3.32. The summed E-state index contributed by atoms with van der Waals surface area (Å²) in [4.78, 5) is 15.2. The lowest BCUT2D eigenvalue weighted by Crippen LogP contribution is -2.34. The molecule has 0 bridgehead atoms. The molecule has 0 saturated carbocycles. The number of amides is 1. The Morgan fingerprint density at radius 3 is 2.68 bits per heavy atom. The van der Waals surface area contributed by atoms with Crippen LogP contribution in [0, 0.1) is 0 Å². The molecule has 0 N–H and O–H groups in total. The van der Waals surface area contributed by atoms with Crippen LogP contribution in [0.1, 0.15) is 41.1 Å². The van der Waals surface area contributed by atoms with Crippen molar-refractivity contribution in [2.24, 2.45) is 0 Å². The van der Waals surface area contributed by atoms with Crippen LogP contribution in [0.2, 0.25) is 0 Å². The summed E-state index contributed by atoms with van der Waals surface area (Å²) in [6, 6.07) is 16.1. The second-order valence-corrected chi connectivity index (χ2v) is 6.68. The van der Waals surface area contributed by atoms with Gasteiger partial charge in [-0.25, -0.2) is 0 Å². The van der Waals surface area contributed by atoms with Crippen LogP contribution in [0.5, 0.6) is 11.5 Å². The van der Waals surface area contributed by atoms with Crippen LogP contribution in [-0.4, -0.2) is 37.1 Å². The fourth-order valence-electron chi connectivity index (χ4n) is 3.74. The lowest BCUT2D eigenvalue weighted by Gasteiger charge is -2.27. The van der Waals surface area contributed by atoms with Crippen molar-refractivity contribution >= 4 is 5.91 Å². The van der Waals surface area contributed by atoms with Crippen LogP contribution in [-0.2, 0) is 0 Å². The van der Waals surface area contributed by atoms with E-state index in [-0.39, 0.29) is 5.91 Å². The van der Waals surface area contributed by atoms with Crippen LogP contribution >= 0.6 is 0 Å². The topological polar surface area (TPSA) is 38.8 Å². The lowest BCUT2D eigenvalue weighted by atomic mass is 9.94. The molecule has 1 fully saturated rings. The first kappa shape index (κ1) is 16.0. The van der Waals surface area contributed by atoms with Crippen molar-refractivity contribution < 1.29 is 14.3 Å². The van der Waals surface area contributed by atoms with E-state index in [0.29, 0.717) is 36.2 Å². The predicted octanol–water partition coefficient (Wildman–Crippen LogP) is 3.87. The normalized spacial score (nSPS) is 20.0.